The number of benzene rings is 2. The zero-order valence-corrected chi connectivity index (χ0v) is 13.8. The van der Waals surface area contributed by atoms with E-state index in [4.69, 9.17) is 9.15 Å². The second-order valence-corrected chi connectivity index (χ2v) is 5.76. The molecule has 0 unspecified atom stereocenters. The van der Waals surface area contributed by atoms with Gasteiger partial charge in [0.1, 0.15) is 18.0 Å². The summed E-state index contributed by atoms with van der Waals surface area (Å²) in [6, 6.07) is 16.5. The predicted octanol–water partition coefficient (Wildman–Crippen LogP) is 2.34. The molecule has 0 saturated heterocycles. The molecule has 0 amide bonds. The Morgan fingerprint density at radius 1 is 1.04 bits per heavy atom. The molecular formula is C20H22NO2+. The average molecular weight is 308 g/mol. The highest BCUT2D eigenvalue weighted by Gasteiger charge is 2.11. The van der Waals surface area contributed by atoms with Crippen LogP contribution in [0.5, 0.6) is 0 Å². The van der Waals surface area contributed by atoms with Crippen molar-refractivity contribution in [3.63, 3.8) is 0 Å². The molecule has 2 aromatic carbocycles. The van der Waals surface area contributed by atoms with Gasteiger partial charge in [0.25, 0.3) is 0 Å². The number of hydrogen-bond acceptors (Lipinski definition) is 2. The van der Waals surface area contributed by atoms with Crippen LogP contribution in [0.25, 0.3) is 22.3 Å². The van der Waals surface area contributed by atoms with Gasteiger partial charge >= 0.3 is 0 Å². The van der Waals surface area contributed by atoms with E-state index in [0.29, 0.717) is 6.61 Å². The molecule has 3 heteroatoms. The van der Waals surface area contributed by atoms with E-state index in [9.17, 15) is 0 Å². The topological polar surface area (TPSA) is 36.3 Å². The predicted molar refractivity (Wildman–Crippen MR) is 92.0 cm³/mol. The molecule has 0 radical (unpaired) electrons. The Bertz CT molecular complexity index is 879. The van der Waals surface area contributed by atoms with Gasteiger partial charge in [0.2, 0.25) is 5.36 Å². The van der Waals surface area contributed by atoms with Crippen LogP contribution < -0.4 is 10.3 Å². The zero-order chi connectivity index (χ0) is 16.2. The summed E-state index contributed by atoms with van der Waals surface area (Å²) in [5.41, 5.74) is 4.39. The summed E-state index contributed by atoms with van der Waals surface area (Å²) in [6.45, 7) is 5.64. The van der Waals surface area contributed by atoms with Crippen molar-refractivity contribution in [2.45, 2.75) is 13.8 Å². The van der Waals surface area contributed by atoms with Crippen molar-refractivity contribution in [3.8, 4) is 11.3 Å². The van der Waals surface area contributed by atoms with Gasteiger partial charge in [-0.05, 0) is 31.0 Å². The van der Waals surface area contributed by atoms with Gasteiger partial charge in [-0.3, -0.25) is 0 Å². The first kappa shape index (κ1) is 15.5. The van der Waals surface area contributed by atoms with Crippen molar-refractivity contribution in [2.24, 2.45) is 0 Å². The second kappa shape index (κ2) is 6.80. The molecule has 1 heterocycles. The van der Waals surface area contributed by atoms with Crippen molar-refractivity contribution in [1.82, 2.24) is 0 Å². The summed E-state index contributed by atoms with van der Waals surface area (Å²) in [5, 5.41) is 2.21. The molecule has 3 nitrogen and oxygen atoms in total. The molecule has 1 aromatic heterocycles. The molecule has 0 atom stereocenters. The van der Waals surface area contributed by atoms with Crippen molar-refractivity contribution in [2.75, 3.05) is 20.3 Å². The minimum absolute atomic E-state index is 0.666. The summed E-state index contributed by atoms with van der Waals surface area (Å²) in [5.74, 6) is 0.864. The molecular weight excluding hydrogens is 286 g/mol. The quantitative estimate of drug-likeness (QED) is 0.751. The lowest BCUT2D eigenvalue weighted by molar-refractivity contribution is -0.502. The van der Waals surface area contributed by atoms with Gasteiger partial charge in [-0.25, -0.2) is 4.99 Å². The smallest absolute Gasteiger partial charge is 0.213 e. The fourth-order valence-electron chi connectivity index (χ4n) is 2.88. The van der Waals surface area contributed by atoms with E-state index in [1.807, 2.05) is 18.2 Å². The van der Waals surface area contributed by atoms with Gasteiger partial charge in [0.05, 0.1) is 11.5 Å². The molecule has 3 aromatic rings. The van der Waals surface area contributed by atoms with Crippen LogP contribution in [0.2, 0.25) is 0 Å². The SMILES string of the molecule is COCC[NH+]=c1cc(-c2ccccc2)oc2cc(C)cc(C)c12. The highest BCUT2D eigenvalue weighted by Crippen LogP contribution is 2.24. The molecule has 23 heavy (non-hydrogen) atoms. The lowest BCUT2D eigenvalue weighted by atomic mass is 10.0. The fraction of sp³-hybridized carbons (Fsp3) is 0.250. The maximum absolute atomic E-state index is 6.19. The van der Waals surface area contributed by atoms with Gasteiger partial charge < -0.3 is 9.15 Å². The van der Waals surface area contributed by atoms with Crippen molar-refractivity contribution >= 4 is 11.0 Å². The third-order valence-electron chi connectivity index (χ3n) is 3.89. The fourth-order valence-corrected chi connectivity index (χ4v) is 2.88. The molecule has 0 bridgehead atoms. The highest BCUT2D eigenvalue weighted by molar-refractivity contribution is 5.82. The summed E-state index contributed by atoms with van der Waals surface area (Å²) in [4.78, 5) is 3.47. The van der Waals surface area contributed by atoms with Crippen LogP contribution in [-0.2, 0) is 4.74 Å². The first-order valence-electron chi connectivity index (χ1n) is 7.85. The number of ether oxygens (including phenoxy) is 1. The molecule has 0 aliphatic rings. The van der Waals surface area contributed by atoms with Crippen molar-refractivity contribution < 1.29 is 14.1 Å². The van der Waals surface area contributed by atoms with Crippen LogP contribution in [0.1, 0.15) is 11.1 Å². The number of hydrogen-bond donors (Lipinski definition) is 1. The maximum atomic E-state index is 6.19. The van der Waals surface area contributed by atoms with Gasteiger partial charge in [-0.2, -0.15) is 0 Å². The summed E-state index contributed by atoms with van der Waals surface area (Å²) >= 11 is 0. The van der Waals surface area contributed by atoms with Crippen molar-refractivity contribution in [1.29, 1.82) is 0 Å². The number of aryl methyl sites for hydroxylation is 2. The van der Waals surface area contributed by atoms with E-state index in [1.54, 1.807) is 7.11 Å². The standard InChI is InChI=1S/C20H21NO2/c1-14-11-15(2)20-17(21-9-10-22-3)13-18(23-19(20)12-14)16-7-5-4-6-8-16/h4-8,11-13H,9-10H2,1-3H3/p+1. The second-order valence-electron chi connectivity index (χ2n) is 5.76. The van der Waals surface area contributed by atoms with Gasteiger partial charge in [-0.15, -0.1) is 0 Å². The first-order valence-corrected chi connectivity index (χ1v) is 7.85. The lowest BCUT2D eigenvalue weighted by Crippen LogP contribution is -2.77. The van der Waals surface area contributed by atoms with Crippen LogP contribution in [0.15, 0.2) is 52.9 Å². The molecule has 1 N–H and O–H groups in total. The lowest BCUT2D eigenvalue weighted by Gasteiger charge is -2.06. The van der Waals surface area contributed by atoms with Crippen LogP contribution in [0.3, 0.4) is 0 Å². The van der Waals surface area contributed by atoms with Crippen LogP contribution in [-0.4, -0.2) is 20.3 Å². The number of nitrogens with one attached hydrogen (secondary N) is 1. The molecule has 0 spiro atoms. The Kier molecular flexibility index (Phi) is 4.58. The Morgan fingerprint density at radius 3 is 2.57 bits per heavy atom. The van der Waals surface area contributed by atoms with Gasteiger partial charge in [0.15, 0.2) is 6.54 Å². The van der Waals surface area contributed by atoms with E-state index >= 15 is 0 Å². The molecule has 118 valence electrons. The maximum Gasteiger partial charge on any atom is 0.213 e. The third-order valence-corrected chi connectivity index (χ3v) is 3.89. The minimum atomic E-state index is 0.666. The van der Waals surface area contributed by atoms with E-state index in [1.165, 1.54) is 11.1 Å². The van der Waals surface area contributed by atoms with Crippen LogP contribution >= 0.6 is 0 Å². The van der Waals surface area contributed by atoms with E-state index in [2.05, 4.69) is 49.2 Å². The number of fused-ring (bicyclic) bond motifs is 1. The van der Waals surface area contributed by atoms with Gasteiger partial charge in [-0.1, -0.05) is 36.4 Å². The Hall–Kier alpha value is -2.39. The largest absolute Gasteiger partial charge is 0.456 e. The Balaban J connectivity index is 2.27. The summed E-state index contributed by atoms with van der Waals surface area (Å²) < 4.78 is 11.3. The van der Waals surface area contributed by atoms with Gasteiger partial charge in [0, 0.05) is 12.7 Å². The van der Waals surface area contributed by atoms with E-state index in [-0.39, 0.29) is 0 Å². The summed E-state index contributed by atoms with van der Waals surface area (Å²) in [7, 11) is 1.71. The van der Waals surface area contributed by atoms with E-state index in [0.717, 1.165) is 34.2 Å². The monoisotopic (exact) mass is 308 g/mol. The molecule has 0 fully saturated rings. The molecule has 3 rings (SSSR count). The third kappa shape index (κ3) is 3.35. The Labute approximate surface area is 136 Å². The van der Waals surface area contributed by atoms with Crippen LogP contribution in [0.4, 0.5) is 0 Å². The average Bonchev–Trinajstić information content (AvgIpc) is 2.55. The first-order chi connectivity index (χ1) is 11.2. The van der Waals surface area contributed by atoms with Crippen molar-refractivity contribution in [3.05, 3.63) is 65.0 Å². The molecule has 0 saturated carbocycles. The highest BCUT2D eigenvalue weighted by atomic mass is 16.5. The summed E-state index contributed by atoms with van der Waals surface area (Å²) in [6.07, 6.45) is 0. The normalized spacial score (nSPS) is 12.0. The molecule has 0 aliphatic carbocycles. The minimum Gasteiger partial charge on any atom is -0.456 e. The number of methoxy groups -OCH3 is 1. The molecule has 0 aliphatic heterocycles. The Morgan fingerprint density at radius 2 is 1.83 bits per heavy atom. The number of rotatable bonds is 4. The zero-order valence-electron chi connectivity index (χ0n) is 13.8. The van der Waals surface area contributed by atoms with Crippen LogP contribution in [0, 0.1) is 13.8 Å². The van der Waals surface area contributed by atoms with E-state index < -0.39 is 0 Å².